The Balaban J connectivity index is 1.66. The molecule has 0 spiro atoms. The van der Waals surface area contributed by atoms with Crippen LogP contribution in [0.5, 0.6) is 5.88 Å². The van der Waals surface area contributed by atoms with E-state index in [1.165, 1.54) is 16.7 Å². The van der Waals surface area contributed by atoms with E-state index in [-0.39, 0.29) is 10.8 Å². The van der Waals surface area contributed by atoms with E-state index in [2.05, 4.69) is 16.0 Å². The average molecular weight is 555 g/mol. The predicted octanol–water partition coefficient (Wildman–Crippen LogP) is 5.37. The van der Waals surface area contributed by atoms with E-state index >= 15 is 0 Å². The van der Waals surface area contributed by atoms with Gasteiger partial charge in [-0.25, -0.2) is 8.42 Å². The summed E-state index contributed by atoms with van der Waals surface area (Å²) >= 11 is 0. The molecule has 0 saturated heterocycles. The summed E-state index contributed by atoms with van der Waals surface area (Å²) < 4.78 is 29.2. The number of sulfone groups is 1. The molecule has 1 atom stereocenters. The van der Waals surface area contributed by atoms with Gasteiger partial charge in [-0.3, -0.25) is 14.3 Å². The van der Waals surface area contributed by atoms with Crippen LogP contribution in [0.1, 0.15) is 61.3 Å². The quantitative estimate of drug-likeness (QED) is 0.295. The van der Waals surface area contributed by atoms with Crippen LogP contribution in [0.15, 0.2) is 81.4 Å². The molecule has 1 aliphatic carbocycles. The van der Waals surface area contributed by atoms with Gasteiger partial charge in [-0.1, -0.05) is 43.7 Å². The van der Waals surface area contributed by atoms with Gasteiger partial charge in [-0.2, -0.15) is 10.2 Å². The normalized spacial score (nSPS) is 14.0. The molecule has 4 aromatic rings. The Labute approximate surface area is 233 Å². The minimum atomic E-state index is -4.42. The zero-order valence-electron chi connectivity index (χ0n) is 22.4. The second-order valence-electron chi connectivity index (χ2n) is 10.1. The number of aryl methyl sites for hydroxylation is 2. The van der Waals surface area contributed by atoms with E-state index in [4.69, 9.17) is 0 Å². The molecule has 1 saturated carbocycles. The number of unbranched alkanes of at least 4 members (excludes halogenated alkanes) is 1. The van der Waals surface area contributed by atoms with Crippen molar-refractivity contribution in [3.8, 4) is 23.1 Å². The van der Waals surface area contributed by atoms with Crippen LogP contribution in [-0.4, -0.2) is 28.1 Å². The number of aromatic nitrogens is 3. The lowest BCUT2D eigenvalue weighted by Crippen LogP contribution is -2.28. The highest BCUT2D eigenvalue weighted by atomic mass is 32.2. The summed E-state index contributed by atoms with van der Waals surface area (Å²) in [5.41, 5.74) is 2.70. The molecule has 1 N–H and O–H groups in total. The van der Waals surface area contributed by atoms with E-state index in [1.54, 1.807) is 36.5 Å². The van der Waals surface area contributed by atoms with E-state index in [9.17, 15) is 23.6 Å². The van der Waals surface area contributed by atoms with Crippen molar-refractivity contribution in [3.63, 3.8) is 0 Å². The van der Waals surface area contributed by atoms with Gasteiger partial charge in [0.05, 0.1) is 22.6 Å². The zero-order valence-corrected chi connectivity index (χ0v) is 23.2. The van der Waals surface area contributed by atoms with E-state index < -0.39 is 32.2 Å². The van der Waals surface area contributed by atoms with Gasteiger partial charge in [0.1, 0.15) is 5.82 Å². The lowest BCUT2D eigenvalue weighted by Gasteiger charge is -2.26. The number of aromatic hydroxyl groups is 1. The van der Waals surface area contributed by atoms with Crippen molar-refractivity contribution in [1.29, 1.82) is 5.26 Å². The first-order valence-corrected chi connectivity index (χ1v) is 14.9. The van der Waals surface area contributed by atoms with Gasteiger partial charge in [-0.05, 0) is 73.6 Å². The van der Waals surface area contributed by atoms with Crippen LogP contribution >= 0.6 is 0 Å². The Morgan fingerprint density at radius 3 is 2.52 bits per heavy atom. The van der Waals surface area contributed by atoms with Gasteiger partial charge in [-0.15, -0.1) is 0 Å². The summed E-state index contributed by atoms with van der Waals surface area (Å²) in [5.74, 6) is -0.162. The molecule has 0 aliphatic heterocycles. The van der Waals surface area contributed by atoms with Crippen LogP contribution in [0.4, 0.5) is 0 Å². The molecule has 0 unspecified atom stereocenters. The molecule has 40 heavy (non-hydrogen) atoms. The molecule has 2 aromatic carbocycles. The molecule has 204 valence electrons. The molecule has 2 aromatic heterocycles. The largest absolute Gasteiger partial charge is 0.493 e. The van der Waals surface area contributed by atoms with Crippen LogP contribution < -0.4 is 5.56 Å². The number of pyridine rings is 1. The Morgan fingerprint density at radius 1 is 1.12 bits per heavy atom. The Hall–Kier alpha value is -4.29. The smallest absolute Gasteiger partial charge is 0.296 e. The highest BCUT2D eigenvalue weighted by molar-refractivity contribution is 7.91. The monoisotopic (exact) mass is 554 g/mol. The maximum absolute atomic E-state index is 13.8. The van der Waals surface area contributed by atoms with Crippen LogP contribution in [0.25, 0.3) is 11.1 Å². The summed E-state index contributed by atoms with van der Waals surface area (Å²) in [6, 6.07) is 18.6. The van der Waals surface area contributed by atoms with Crippen LogP contribution in [-0.2, 0) is 16.3 Å². The SMILES string of the molecule is CCCCc1nc(=O)c(S(=O)(=O)c2ccc(-c3cccnc3C)cc2)c(O)n1[C@H](c1cccc(C#N)c1)C1CC1. The van der Waals surface area contributed by atoms with Crippen molar-refractivity contribution in [2.75, 3.05) is 0 Å². The maximum Gasteiger partial charge on any atom is 0.296 e. The van der Waals surface area contributed by atoms with Crippen LogP contribution in [0.2, 0.25) is 0 Å². The number of hydrogen-bond acceptors (Lipinski definition) is 7. The molecule has 1 aliphatic rings. The summed E-state index contributed by atoms with van der Waals surface area (Å²) in [6.45, 7) is 3.88. The van der Waals surface area contributed by atoms with Crippen LogP contribution in [0, 0.1) is 24.2 Å². The third-order valence-electron chi connectivity index (χ3n) is 7.34. The first-order valence-electron chi connectivity index (χ1n) is 13.4. The van der Waals surface area contributed by atoms with Crippen molar-refractivity contribution < 1.29 is 13.5 Å². The molecule has 0 radical (unpaired) electrons. The molecule has 1 fully saturated rings. The van der Waals surface area contributed by atoms with Crippen molar-refractivity contribution >= 4 is 9.84 Å². The first kappa shape index (κ1) is 27.3. The van der Waals surface area contributed by atoms with Gasteiger partial charge >= 0.3 is 0 Å². The van der Waals surface area contributed by atoms with E-state index in [1.807, 2.05) is 32.0 Å². The Morgan fingerprint density at radius 2 is 1.88 bits per heavy atom. The first-order chi connectivity index (χ1) is 19.3. The van der Waals surface area contributed by atoms with Gasteiger partial charge in [0.2, 0.25) is 15.7 Å². The second-order valence-corrected chi connectivity index (χ2v) is 12.0. The van der Waals surface area contributed by atoms with Gasteiger partial charge in [0, 0.05) is 23.9 Å². The minimum Gasteiger partial charge on any atom is -0.493 e. The summed E-state index contributed by atoms with van der Waals surface area (Å²) in [6.07, 6.45) is 5.38. The van der Waals surface area contributed by atoms with Gasteiger partial charge in [0.25, 0.3) is 5.56 Å². The zero-order chi connectivity index (χ0) is 28.4. The van der Waals surface area contributed by atoms with Gasteiger partial charge < -0.3 is 5.11 Å². The van der Waals surface area contributed by atoms with E-state index in [0.29, 0.717) is 24.2 Å². The standard InChI is InChI=1S/C31H30N4O4S/c1-3-4-10-27-34-30(36)29(31(37)35(27)28(23-11-12-23)24-8-5-7-21(18-24)19-32)40(38,39)25-15-13-22(14-16-25)26-9-6-17-33-20(26)2/h5-9,13-18,23,28,37H,3-4,10-12H2,1-2H3/t28-/m0/s1. The lowest BCUT2D eigenvalue weighted by atomic mass is 9.99. The molecule has 0 amide bonds. The molecule has 5 rings (SSSR count). The third-order valence-corrected chi connectivity index (χ3v) is 9.13. The van der Waals surface area contributed by atoms with Crippen molar-refractivity contribution in [3.05, 3.63) is 99.9 Å². The van der Waals surface area contributed by atoms with Crippen LogP contribution in [0.3, 0.4) is 0 Å². The average Bonchev–Trinajstić information content (AvgIpc) is 3.79. The molecule has 9 heteroatoms. The third kappa shape index (κ3) is 5.15. The summed E-state index contributed by atoms with van der Waals surface area (Å²) in [4.78, 5) is 20.9. The van der Waals surface area contributed by atoms with Crippen molar-refractivity contribution in [1.82, 2.24) is 14.5 Å². The highest BCUT2D eigenvalue weighted by Gasteiger charge is 2.39. The molecule has 8 nitrogen and oxygen atoms in total. The summed E-state index contributed by atoms with van der Waals surface area (Å²) in [7, 11) is -4.42. The lowest BCUT2D eigenvalue weighted by molar-refractivity contribution is 0.348. The number of nitrogens with zero attached hydrogens (tertiary/aromatic N) is 4. The van der Waals surface area contributed by atoms with Crippen molar-refractivity contribution in [2.24, 2.45) is 5.92 Å². The minimum absolute atomic E-state index is 0.113. The number of hydrogen-bond donors (Lipinski definition) is 1. The number of rotatable bonds is 9. The fourth-order valence-electron chi connectivity index (χ4n) is 5.14. The molecular formula is C31H30N4O4S. The maximum atomic E-state index is 13.8. The topological polar surface area (TPSA) is 126 Å². The summed E-state index contributed by atoms with van der Waals surface area (Å²) in [5, 5.41) is 21.1. The van der Waals surface area contributed by atoms with Gasteiger partial charge in [0.15, 0.2) is 4.90 Å². The Kier molecular flexibility index (Phi) is 7.55. The number of nitriles is 1. The fourth-order valence-corrected chi connectivity index (χ4v) is 6.49. The highest BCUT2D eigenvalue weighted by Crippen LogP contribution is 2.46. The predicted molar refractivity (Wildman–Crippen MR) is 151 cm³/mol. The van der Waals surface area contributed by atoms with E-state index in [0.717, 1.165) is 41.6 Å². The fraction of sp³-hybridized carbons (Fsp3) is 0.290. The molecule has 2 heterocycles. The molecular weight excluding hydrogens is 524 g/mol. The Bertz CT molecular complexity index is 1770. The number of benzene rings is 2. The molecule has 0 bridgehead atoms. The van der Waals surface area contributed by atoms with Crippen molar-refractivity contribution in [2.45, 2.75) is 61.8 Å². The second kappa shape index (κ2) is 11.1.